The number of hydrogen-bond acceptors (Lipinski definition) is 5. The summed E-state index contributed by atoms with van der Waals surface area (Å²) in [5.41, 5.74) is 1.84. The molecular weight excluding hydrogens is 286 g/mol. The third-order valence-electron chi connectivity index (χ3n) is 3.73. The number of nitrogens with zero attached hydrogens (tertiary/aromatic N) is 3. The standard InChI is InChI=1S/C15H17N3O2S/c1-3-10-8-13(17-9(2)16-10)18-6-4-12-11(5-7-21-12)14(18)15(19)20/h5,7-8,14H,3-4,6H2,1-2H3,(H,19,20). The molecule has 1 aliphatic rings. The second-order valence-corrected chi connectivity index (χ2v) is 6.10. The lowest BCUT2D eigenvalue weighted by molar-refractivity contribution is -0.138. The Kier molecular flexibility index (Phi) is 3.63. The third kappa shape index (κ3) is 2.51. The summed E-state index contributed by atoms with van der Waals surface area (Å²) in [4.78, 5) is 23.6. The molecule has 0 spiro atoms. The minimum absolute atomic E-state index is 0.654. The second-order valence-electron chi connectivity index (χ2n) is 5.10. The van der Waals surface area contributed by atoms with E-state index in [4.69, 9.17) is 0 Å². The predicted molar refractivity (Wildman–Crippen MR) is 81.9 cm³/mol. The van der Waals surface area contributed by atoms with Gasteiger partial charge in [-0.3, -0.25) is 0 Å². The Morgan fingerprint density at radius 2 is 2.33 bits per heavy atom. The first-order valence-electron chi connectivity index (χ1n) is 7.00. The van der Waals surface area contributed by atoms with Crippen molar-refractivity contribution in [3.8, 4) is 0 Å². The number of carboxylic acids is 1. The quantitative estimate of drug-likeness (QED) is 0.944. The third-order valence-corrected chi connectivity index (χ3v) is 4.73. The van der Waals surface area contributed by atoms with Gasteiger partial charge in [-0.15, -0.1) is 11.3 Å². The topological polar surface area (TPSA) is 66.3 Å². The first kappa shape index (κ1) is 14.0. The molecule has 0 bridgehead atoms. The number of aliphatic carboxylic acids is 1. The van der Waals surface area contributed by atoms with Crippen molar-refractivity contribution in [2.45, 2.75) is 32.7 Å². The smallest absolute Gasteiger partial charge is 0.331 e. The Morgan fingerprint density at radius 1 is 1.52 bits per heavy atom. The van der Waals surface area contributed by atoms with Crippen molar-refractivity contribution in [1.82, 2.24) is 9.97 Å². The van der Waals surface area contributed by atoms with Crippen LogP contribution < -0.4 is 4.90 Å². The summed E-state index contributed by atoms with van der Waals surface area (Å²) >= 11 is 1.63. The molecule has 0 fully saturated rings. The molecule has 1 unspecified atom stereocenters. The number of hydrogen-bond donors (Lipinski definition) is 1. The molecule has 1 atom stereocenters. The van der Waals surface area contributed by atoms with E-state index in [-0.39, 0.29) is 0 Å². The van der Waals surface area contributed by atoms with Gasteiger partial charge in [-0.2, -0.15) is 0 Å². The van der Waals surface area contributed by atoms with Crippen LogP contribution in [-0.2, 0) is 17.6 Å². The van der Waals surface area contributed by atoms with Gasteiger partial charge in [0.1, 0.15) is 11.6 Å². The fourth-order valence-electron chi connectivity index (χ4n) is 2.77. The number of thiophene rings is 1. The van der Waals surface area contributed by atoms with E-state index in [1.807, 2.05) is 36.3 Å². The zero-order chi connectivity index (χ0) is 15.0. The number of aromatic nitrogens is 2. The highest BCUT2D eigenvalue weighted by Crippen LogP contribution is 2.36. The van der Waals surface area contributed by atoms with Gasteiger partial charge in [-0.05, 0) is 36.8 Å². The van der Waals surface area contributed by atoms with Gasteiger partial charge in [-0.25, -0.2) is 14.8 Å². The molecule has 3 rings (SSSR count). The molecule has 6 heteroatoms. The maximum absolute atomic E-state index is 11.8. The van der Waals surface area contributed by atoms with E-state index in [0.29, 0.717) is 18.2 Å². The van der Waals surface area contributed by atoms with Gasteiger partial charge < -0.3 is 10.0 Å². The number of anilines is 1. The SMILES string of the molecule is CCc1cc(N2CCc3sccc3C2C(=O)O)nc(C)n1. The van der Waals surface area contributed by atoms with Crippen molar-refractivity contribution in [2.75, 3.05) is 11.4 Å². The van der Waals surface area contributed by atoms with E-state index in [2.05, 4.69) is 9.97 Å². The average Bonchev–Trinajstić information content (AvgIpc) is 2.93. The molecule has 1 aliphatic heterocycles. The Bertz CT molecular complexity index is 683. The number of aryl methyl sites for hydroxylation is 2. The van der Waals surface area contributed by atoms with E-state index in [0.717, 1.165) is 24.1 Å². The molecule has 0 saturated carbocycles. The van der Waals surface area contributed by atoms with E-state index in [1.54, 1.807) is 11.3 Å². The van der Waals surface area contributed by atoms with E-state index < -0.39 is 12.0 Å². The molecule has 0 aliphatic carbocycles. The highest BCUT2D eigenvalue weighted by molar-refractivity contribution is 7.10. The fourth-order valence-corrected chi connectivity index (χ4v) is 3.67. The molecule has 5 nitrogen and oxygen atoms in total. The molecule has 0 amide bonds. The molecular formula is C15H17N3O2S. The van der Waals surface area contributed by atoms with Gasteiger partial charge in [0, 0.05) is 23.2 Å². The maximum atomic E-state index is 11.8. The summed E-state index contributed by atoms with van der Waals surface area (Å²) in [6, 6.07) is 3.17. The van der Waals surface area contributed by atoms with Crippen LogP contribution in [0.2, 0.25) is 0 Å². The molecule has 0 aromatic carbocycles. The zero-order valence-corrected chi connectivity index (χ0v) is 12.9. The maximum Gasteiger partial charge on any atom is 0.331 e. The summed E-state index contributed by atoms with van der Waals surface area (Å²) in [5.74, 6) is 0.567. The van der Waals surface area contributed by atoms with E-state index in [1.165, 1.54) is 4.88 Å². The van der Waals surface area contributed by atoms with Crippen molar-refractivity contribution >= 4 is 23.1 Å². The number of carboxylic acid groups (broad SMARTS) is 1. The van der Waals surface area contributed by atoms with Crippen molar-refractivity contribution in [2.24, 2.45) is 0 Å². The summed E-state index contributed by atoms with van der Waals surface area (Å²) in [6.45, 7) is 4.55. The van der Waals surface area contributed by atoms with Gasteiger partial charge in [0.2, 0.25) is 0 Å². The number of rotatable bonds is 3. The molecule has 2 aromatic rings. The molecule has 110 valence electrons. The number of carbonyl (C=O) groups is 1. The summed E-state index contributed by atoms with van der Waals surface area (Å²) in [6.07, 6.45) is 1.67. The van der Waals surface area contributed by atoms with Crippen LogP contribution in [0.4, 0.5) is 5.82 Å². The van der Waals surface area contributed by atoms with E-state index in [9.17, 15) is 9.90 Å². The van der Waals surface area contributed by atoms with Crippen LogP contribution >= 0.6 is 11.3 Å². The van der Waals surface area contributed by atoms with Crippen molar-refractivity contribution in [1.29, 1.82) is 0 Å². The van der Waals surface area contributed by atoms with Crippen LogP contribution in [0.25, 0.3) is 0 Å². The summed E-state index contributed by atoms with van der Waals surface area (Å²) in [5, 5.41) is 11.6. The van der Waals surface area contributed by atoms with Crippen LogP contribution in [-0.4, -0.2) is 27.6 Å². The first-order chi connectivity index (χ1) is 10.1. The molecule has 2 aromatic heterocycles. The minimum Gasteiger partial charge on any atom is -0.479 e. The summed E-state index contributed by atoms with van der Waals surface area (Å²) in [7, 11) is 0. The Morgan fingerprint density at radius 3 is 3.05 bits per heavy atom. The Balaban J connectivity index is 2.05. The molecule has 0 saturated heterocycles. The van der Waals surface area contributed by atoms with Crippen LogP contribution in [0.3, 0.4) is 0 Å². The van der Waals surface area contributed by atoms with Crippen molar-refractivity contribution in [3.05, 3.63) is 39.5 Å². The highest BCUT2D eigenvalue weighted by Gasteiger charge is 2.34. The van der Waals surface area contributed by atoms with Crippen molar-refractivity contribution < 1.29 is 9.90 Å². The Hall–Kier alpha value is -1.95. The predicted octanol–water partition coefficient (Wildman–Crippen LogP) is 2.60. The monoisotopic (exact) mass is 303 g/mol. The molecule has 1 N–H and O–H groups in total. The van der Waals surface area contributed by atoms with Crippen molar-refractivity contribution in [3.63, 3.8) is 0 Å². The molecule has 21 heavy (non-hydrogen) atoms. The van der Waals surface area contributed by atoms with E-state index >= 15 is 0 Å². The summed E-state index contributed by atoms with van der Waals surface area (Å²) < 4.78 is 0. The van der Waals surface area contributed by atoms with Gasteiger partial charge in [0.25, 0.3) is 0 Å². The Labute approximate surface area is 127 Å². The lowest BCUT2D eigenvalue weighted by Gasteiger charge is -2.34. The molecule has 3 heterocycles. The van der Waals surface area contributed by atoms with Crippen LogP contribution in [0.15, 0.2) is 17.5 Å². The van der Waals surface area contributed by atoms with Crippen LogP contribution in [0, 0.1) is 6.92 Å². The largest absolute Gasteiger partial charge is 0.479 e. The van der Waals surface area contributed by atoms with Gasteiger partial charge in [0.05, 0.1) is 0 Å². The zero-order valence-electron chi connectivity index (χ0n) is 12.0. The van der Waals surface area contributed by atoms with Gasteiger partial charge in [0.15, 0.2) is 6.04 Å². The minimum atomic E-state index is -0.830. The van der Waals surface area contributed by atoms with Gasteiger partial charge >= 0.3 is 5.97 Å². The van der Waals surface area contributed by atoms with Gasteiger partial charge in [-0.1, -0.05) is 6.92 Å². The lowest BCUT2D eigenvalue weighted by atomic mass is 10.00. The highest BCUT2D eigenvalue weighted by atomic mass is 32.1. The van der Waals surface area contributed by atoms with Crippen LogP contribution in [0.5, 0.6) is 0 Å². The number of fused-ring (bicyclic) bond motifs is 1. The normalized spacial score (nSPS) is 17.6. The average molecular weight is 303 g/mol. The first-order valence-corrected chi connectivity index (χ1v) is 7.88. The fraction of sp³-hybridized carbons (Fsp3) is 0.400. The van der Waals surface area contributed by atoms with Crippen LogP contribution in [0.1, 0.15) is 34.9 Å². The second kappa shape index (κ2) is 5.44. The molecule has 0 radical (unpaired) electrons. The lowest BCUT2D eigenvalue weighted by Crippen LogP contribution is -2.39.